The molecule has 0 saturated heterocycles. The zero-order valence-corrected chi connectivity index (χ0v) is 15.4. The number of nitrogens with one attached hydrogen (secondary N) is 1. The third kappa shape index (κ3) is 7.70. The van der Waals surface area contributed by atoms with Crippen molar-refractivity contribution >= 4 is 16.2 Å². The minimum absolute atomic E-state index is 0.0677. The standard InChI is InChI=1S/C14H15F6NO6S/c1-12(2,3)26-11(22)21-7-8-4-5-9(10(6-8)25-13(15,16)17)27-28(23,24)14(18,19)20/h4-6H,7H2,1-3H3,(H,21,22). The van der Waals surface area contributed by atoms with Gasteiger partial charge in [0, 0.05) is 6.54 Å². The Hall–Kier alpha value is -2.38. The molecule has 1 aromatic rings. The molecule has 0 fully saturated rings. The van der Waals surface area contributed by atoms with Gasteiger partial charge in [-0.1, -0.05) is 6.07 Å². The molecule has 7 nitrogen and oxygen atoms in total. The minimum Gasteiger partial charge on any atom is -0.444 e. The van der Waals surface area contributed by atoms with Crippen LogP contribution in [0.5, 0.6) is 11.5 Å². The number of halogens is 6. The predicted molar refractivity (Wildman–Crippen MR) is 81.8 cm³/mol. The molecular formula is C14H15F6NO6S. The lowest BCUT2D eigenvalue weighted by Gasteiger charge is -2.20. The molecule has 1 amide bonds. The van der Waals surface area contributed by atoms with Crippen molar-refractivity contribution in [2.24, 2.45) is 0 Å². The Bertz CT molecular complexity index is 813. The number of hydrogen-bond acceptors (Lipinski definition) is 6. The SMILES string of the molecule is CC(C)(C)OC(=O)NCc1ccc(OS(=O)(=O)C(F)(F)F)c(OC(F)(F)F)c1. The lowest BCUT2D eigenvalue weighted by atomic mass is 10.2. The number of carbonyl (C=O) groups excluding carboxylic acids is 1. The van der Waals surface area contributed by atoms with Crippen molar-refractivity contribution in [1.82, 2.24) is 5.32 Å². The predicted octanol–water partition coefficient (Wildman–Crippen LogP) is 3.84. The number of carbonyl (C=O) groups is 1. The summed E-state index contributed by atoms with van der Waals surface area (Å²) in [5, 5.41) is 2.20. The summed E-state index contributed by atoms with van der Waals surface area (Å²) in [5.41, 5.74) is -6.78. The van der Waals surface area contributed by atoms with Crippen LogP contribution >= 0.6 is 0 Å². The van der Waals surface area contributed by atoms with Gasteiger partial charge in [-0.05, 0) is 38.5 Å². The minimum atomic E-state index is -6.22. The average molecular weight is 439 g/mol. The summed E-state index contributed by atoms with van der Waals surface area (Å²) in [6, 6.07) is 2.02. The number of benzene rings is 1. The Morgan fingerprint density at radius 2 is 1.61 bits per heavy atom. The Balaban J connectivity index is 3.09. The number of alkyl carbamates (subject to hydrolysis) is 1. The molecule has 160 valence electrons. The quantitative estimate of drug-likeness (QED) is 0.426. The maximum absolute atomic E-state index is 12.5. The largest absolute Gasteiger partial charge is 0.573 e. The first-order valence-electron chi connectivity index (χ1n) is 7.26. The molecule has 0 aliphatic carbocycles. The highest BCUT2D eigenvalue weighted by atomic mass is 32.2. The van der Waals surface area contributed by atoms with E-state index in [0.29, 0.717) is 12.1 Å². The monoisotopic (exact) mass is 439 g/mol. The molecule has 0 unspecified atom stereocenters. The fourth-order valence-corrected chi connectivity index (χ4v) is 2.06. The lowest BCUT2D eigenvalue weighted by Crippen LogP contribution is -2.32. The normalized spacial score (nSPS) is 13.0. The van der Waals surface area contributed by atoms with Crippen LogP contribution in [0.15, 0.2) is 18.2 Å². The highest BCUT2D eigenvalue weighted by Gasteiger charge is 2.49. The van der Waals surface area contributed by atoms with Crippen LogP contribution < -0.4 is 14.2 Å². The van der Waals surface area contributed by atoms with E-state index in [0.717, 1.165) is 6.07 Å². The topological polar surface area (TPSA) is 90.9 Å². The van der Waals surface area contributed by atoms with E-state index in [2.05, 4.69) is 14.2 Å². The summed E-state index contributed by atoms with van der Waals surface area (Å²) in [6.45, 7) is 4.30. The second-order valence-corrected chi connectivity index (χ2v) is 7.71. The molecule has 1 aromatic carbocycles. The van der Waals surface area contributed by atoms with Crippen molar-refractivity contribution in [3.05, 3.63) is 23.8 Å². The van der Waals surface area contributed by atoms with Gasteiger partial charge in [0.25, 0.3) is 0 Å². The summed E-state index contributed by atoms with van der Waals surface area (Å²) in [6.07, 6.45) is -6.26. The number of ether oxygens (including phenoxy) is 2. The molecule has 0 aliphatic heterocycles. The van der Waals surface area contributed by atoms with Gasteiger partial charge in [0.15, 0.2) is 11.5 Å². The van der Waals surface area contributed by atoms with Crippen molar-refractivity contribution in [2.75, 3.05) is 0 Å². The summed E-state index contributed by atoms with van der Waals surface area (Å²) in [5.74, 6) is -2.68. The molecule has 0 saturated carbocycles. The molecule has 28 heavy (non-hydrogen) atoms. The second-order valence-electron chi connectivity index (χ2n) is 6.17. The summed E-state index contributed by atoms with van der Waals surface area (Å²) in [7, 11) is -6.22. The van der Waals surface area contributed by atoms with Gasteiger partial charge in [0.1, 0.15) is 5.60 Å². The van der Waals surface area contributed by atoms with Crippen LogP contribution in [0.1, 0.15) is 26.3 Å². The van der Waals surface area contributed by atoms with Crippen LogP contribution in [-0.2, 0) is 21.4 Å². The van der Waals surface area contributed by atoms with Gasteiger partial charge in [-0.15, -0.1) is 13.2 Å². The fraction of sp³-hybridized carbons (Fsp3) is 0.500. The Labute approximate surface area is 155 Å². The summed E-state index contributed by atoms with van der Waals surface area (Å²) in [4.78, 5) is 11.5. The molecule has 0 spiro atoms. The van der Waals surface area contributed by atoms with Gasteiger partial charge < -0.3 is 19.0 Å². The van der Waals surface area contributed by atoms with E-state index in [9.17, 15) is 39.6 Å². The van der Waals surface area contributed by atoms with Gasteiger partial charge in [0.2, 0.25) is 0 Å². The maximum Gasteiger partial charge on any atom is 0.573 e. The van der Waals surface area contributed by atoms with Crippen LogP contribution in [0.3, 0.4) is 0 Å². The van der Waals surface area contributed by atoms with Crippen LogP contribution in [0.25, 0.3) is 0 Å². The first kappa shape index (κ1) is 23.7. The van der Waals surface area contributed by atoms with Crippen LogP contribution in [0.4, 0.5) is 31.1 Å². The van der Waals surface area contributed by atoms with Gasteiger partial charge >= 0.3 is 28.1 Å². The van der Waals surface area contributed by atoms with E-state index >= 15 is 0 Å². The molecule has 0 aromatic heterocycles. The van der Waals surface area contributed by atoms with E-state index in [1.54, 1.807) is 20.8 Å². The zero-order chi connectivity index (χ0) is 22.0. The van der Waals surface area contributed by atoms with Gasteiger partial charge in [-0.2, -0.15) is 21.6 Å². The number of hydrogen-bond donors (Lipinski definition) is 1. The molecule has 1 rings (SSSR count). The first-order valence-corrected chi connectivity index (χ1v) is 8.67. The van der Waals surface area contributed by atoms with Crippen molar-refractivity contribution in [3.63, 3.8) is 0 Å². The molecule has 1 N–H and O–H groups in total. The van der Waals surface area contributed by atoms with E-state index < -0.39 is 51.7 Å². The summed E-state index contributed by atoms with van der Waals surface area (Å²) >= 11 is 0. The van der Waals surface area contributed by atoms with Crippen molar-refractivity contribution in [2.45, 2.75) is 44.8 Å². The average Bonchev–Trinajstić information content (AvgIpc) is 2.42. The second kappa shape index (κ2) is 7.93. The molecule has 0 atom stereocenters. The number of amides is 1. The van der Waals surface area contributed by atoms with Crippen LogP contribution in [0, 0.1) is 0 Å². The number of alkyl halides is 6. The van der Waals surface area contributed by atoms with E-state index in [1.165, 1.54) is 0 Å². The molecule has 0 bridgehead atoms. The highest BCUT2D eigenvalue weighted by molar-refractivity contribution is 7.88. The number of rotatable bonds is 5. The van der Waals surface area contributed by atoms with Crippen molar-refractivity contribution < 1.29 is 53.2 Å². The molecule has 14 heteroatoms. The van der Waals surface area contributed by atoms with E-state index in [1.807, 2.05) is 0 Å². The lowest BCUT2D eigenvalue weighted by molar-refractivity contribution is -0.275. The summed E-state index contributed by atoms with van der Waals surface area (Å²) < 4.78 is 109. The van der Waals surface area contributed by atoms with Crippen molar-refractivity contribution in [3.8, 4) is 11.5 Å². The first-order chi connectivity index (χ1) is 12.4. The smallest absolute Gasteiger partial charge is 0.444 e. The van der Waals surface area contributed by atoms with E-state index in [-0.39, 0.29) is 5.56 Å². The Morgan fingerprint density at radius 3 is 2.07 bits per heavy atom. The molecular weight excluding hydrogens is 424 g/mol. The maximum atomic E-state index is 12.5. The highest BCUT2D eigenvalue weighted by Crippen LogP contribution is 2.36. The fourth-order valence-electron chi connectivity index (χ4n) is 1.59. The molecule has 0 radical (unpaired) electrons. The van der Waals surface area contributed by atoms with Crippen LogP contribution in [0.2, 0.25) is 0 Å². The Kier molecular flexibility index (Phi) is 6.70. The van der Waals surface area contributed by atoms with Gasteiger partial charge in [0.05, 0.1) is 0 Å². The van der Waals surface area contributed by atoms with Crippen LogP contribution in [-0.4, -0.2) is 32.0 Å². The molecule has 0 aliphatic rings. The third-order valence-corrected chi connectivity index (χ3v) is 3.52. The third-order valence-electron chi connectivity index (χ3n) is 2.55. The van der Waals surface area contributed by atoms with Gasteiger partial charge in [-0.25, -0.2) is 4.79 Å². The Morgan fingerprint density at radius 1 is 1.04 bits per heavy atom. The van der Waals surface area contributed by atoms with Gasteiger partial charge in [-0.3, -0.25) is 0 Å². The molecule has 0 heterocycles. The van der Waals surface area contributed by atoms with E-state index in [4.69, 9.17) is 4.74 Å². The van der Waals surface area contributed by atoms with Crippen molar-refractivity contribution in [1.29, 1.82) is 0 Å². The zero-order valence-electron chi connectivity index (χ0n) is 14.6.